The van der Waals surface area contributed by atoms with Gasteiger partial charge in [-0.25, -0.2) is 9.18 Å². The fourth-order valence-corrected chi connectivity index (χ4v) is 4.60. The average Bonchev–Trinajstić information content (AvgIpc) is 3.12. The van der Waals surface area contributed by atoms with Gasteiger partial charge in [-0.2, -0.15) is 0 Å². The van der Waals surface area contributed by atoms with E-state index in [-0.39, 0.29) is 10.0 Å². The van der Waals surface area contributed by atoms with Crippen LogP contribution in [0.5, 0.6) is 0 Å². The summed E-state index contributed by atoms with van der Waals surface area (Å²) in [6.07, 6.45) is 2.57. The molecule has 0 unspecified atom stereocenters. The van der Waals surface area contributed by atoms with Crippen molar-refractivity contribution in [2.24, 2.45) is 5.73 Å². The molecule has 1 aliphatic rings. The molecule has 0 saturated heterocycles. The molecular formula is C17H14BrFN2O4S. The predicted molar refractivity (Wildman–Crippen MR) is 97.9 cm³/mol. The van der Waals surface area contributed by atoms with E-state index in [0.717, 1.165) is 41.8 Å². The molecule has 26 heavy (non-hydrogen) atoms. The van der Waals surface area contributed by atoms with Crippen LogP contribution in [0, 0.1) is 5.82 Å². The highest BCUT2D eigenvalue weighted by Crippen LogP contribution is 2.38. The van der Waals surface area contributed by atoms with Gasteiger partial charge in [0.25, 0.3) is 11.8 Å². The lowest BCUT2D eigenvalue weighted by Gasteiger charge is -2.08. The predicted octanol–water partition coefficient (Wildman–Crippen LogP) is 3.03. The second-order valence-corrected chi connectivity index (χ2v) is 7.63. The standard InChI is InChI=1S/C17H14BrFN2O4S/c18-11-6-8(19)4-5-9(11)17(24)25-7-13(22)21-16-14(15(20)23)10-2-1-3-12(10)26-16/h4-6H,1-3,7H2,(H2,20,23)(H,21,22). The largest absolute Gasteiger partial charge is 0.452 e. The lowest BCUT2D eigenvalue weighted by Crippen LogP contribution is -2.22. The molecule has 1 aromatic heterocycles. The van der Waals surface area contributed by atoms with E-state index < -0.39 is 30.2 Å². The summed E-state index contributed by atoms with van der Waals surface area (Å²) in [5, 5.41) is 2.96. The molecule has 0 saturated carbocycles. The molecule has 9 heteroatoms. The molecule has 1 aliphatic carbocycles. The van der Waals surface area contributed by atoms with Crippen molar-refractivity contribution in [3.63, 3.8) is 0 Å². The Balaban J connectivity index is 1.65. The Morgan fingerprint density at radius 3 is 2.77 bits per heavy atom. The molecule has 2 aromatic rings. The molecule has 0 bridgehead atoms. The van der Waals surface area contributed by atoms with E-state index in [2.05, 4.69) is 21.2 Å². The van der Waals surface area contributed by atoms with Crippen molar-refractivity contribution in [2.75, 3.05) is 11.9 Å². The highest BCUT2D eigenvalue weighted by molar-refractivity contribution is 9.10. The van der Waals surface area contributed by atoms with Crippen molar-refractivity contribution in [2.45, 2.75) is 19.3 Å². The highest BCUT2D eigenvalue weighted by atomic mass is 79.9. The number of nitrogens with two attached hydrogens (primary N) is 1. The Hall–Kier alpha value is -2.26. The molecule has 1 heterocycles. The van der Waals surface area contributed by atoms with Gasteiger partial charge in [0, 0.05) is 9.35 Å². The van der Waals surface area contributed by atoms with Crippen LogP contribution in [-0.4, -0.2) is 24.4 Å². The van der Waals surface area contributed by atoms with E-state index in [1.54, 1.807) is 0 Å². The molecular weight excluding hydrogens is 427 g/mol. The van der Waals surface area contributed by atoms with E-state index >= 15 is 0 Å². The lowest BCUT2D eigenvalue weighted by atomic mass is 10.1. The number of ether oxygens (including phenoxy) is 1. The van der Waals surface area contributed by atoms with Gasteiger partial charge in [-0.3, -0.25) is 9.59 Å². The van der Waals surface area contributed by atoms with Gasteiger partial charge in [0.1, 0.15) is 10.8 Å². The van der Waals surface area contributed by atoms with E-state index in [9.17, 15) is 18.8 Å². The van der Waals surface area contributed by atoms with Crippen molar-refractivity contribution in [3.8, 4) is 0 Å². The first kappa shape index (κ1) is 18.5. The molecule has 0 radical (unpaired) electrons. The number of amides is 2. The zero-order chi connectivity index (χ0) is 18.8. The first-order valence-electron chi connectivity index (χ1n) is 7.73. The van der Waals surface area contributed by atoms with E-state index in [1.807, 2.05) is 0 Å². The summed E-state index contributed by atoms with van der Waals surface area (Å²) >= 11 is 4.39. The third-order valence-electron chi connectivity index (χ3n) is 3.91. The van der Waals surface area contributed by atoms with Crippen LogP contribution in [-0.2, 0) is 22.4 Å². The molecule has 2 amide bonds. The topological polar surface area (TPSA) is 98.5 Å². The number of anilines is 1. The van der Waals surface area contributed by atoms with Gasteiger partial charge in [0.15, 0.2) is 6.61 Å². The number of hydrogen-bond donors (Lipinski definition) is 2. The molecule has 6 nitrogen and oxygen atoms in total. The minimum atomic E-state index is -0.768. The number of rotatable bonds is 5. The van der Waals surface area contributed by atoms with Gasteiger partial charge in [0.2, 0.25) is 0 Å². The SMILES string of the molecule is NC(=O)c1c(NC(=O)COC(=O)c2ccc(F)cc2Br)sc2c1CCC2. The van der Waals surface area contributed by atoms with Gasteiger partial charge in [-0.15, -0.1) is 11.3 Å². The Morgan fingerprint density at radius 1 is 1.31 bits per heavy atom. The number of hydrogen-bond acceptors (Lipinski definition) is 5. The van der Waals surface area contributed by atoms with Crippen molar-refractivity contribution >= 4 is 50.1 Å². The van der Waals surface area contributed by atoms with Gasteiger partial charge >= 0.3 is 5.97 Å². The quantitative estimate of drug-likeness (QED) is 0.697. The summed E-state index contributed by atoms with van der Waals surface area (Å²) in [5.41, 5.74) is 6.76. The number of primary amides is 1. The normalized spacial score (nSPS) is 12.5. The van der Waals surface area contributed by atoms with Crippen molar-refractivity contribution in [1.82, 2.24) is 0 Å². The van der Waals surface area contributed by atoms with Crippen molar-refractivity contribution in [3.05, 3.63) is 50.1 Å². The minimum absolute atomic E-state index is 0.104. The fourth-order valence-electron chi connectivity index (χ4n) is 2.78. The second-order valence-electron chi connectivity index (χ2n) is 5.67. The van der Waals surface area contributed by atoms with Crippen LogP contribution >= 0.6 is 27.3 Å². The number of aryl methyl sites for hydroxylation is 1. The number of carbonyl (C=O) groups excluding carboxylic acids is 3. The molecule has 1 aromatic carbocycles. The van der Waals surface area contributed by atoms with Gasteiger partial charge in [0.05, 0.1) is 11.1 Å². The van der Waals surface area contributed by atoms with E-state index in [1.165, 1.54) is 17.4 Å². The summed E-state index contributed by atoms with van der Waals surface area (Å²) in [6, 6.07) is 3.51. The molecule has 0 spiro atoms. The number of halogens is 2. The number of esters is 1. The fraction of sp³-hybridized carbons (Fsp3) is 0.235. The van der Waals surface area contributed by atoms with Crippen molar-refractivity contribution in [1.29, 1.82) is 0 Å². The molecule has 136 valence electrons. The Kier molecular flexibility index (Phi) is 5.38. The van der Waals surface area contributed by atoms with Gasteiger partial charge < -0.3 is 15.8 Å². The van der Waals surface area contributed by atoms with Crippen LogP contribution in [0.2, 0.25) is 0 Å². The number of fused-ring (bicyclic) bond motifs is 1. The summed E-state index contributed by atoms with van der Waals surface area (Å²) in [5.74, 6) is -2.45. The van der Waals surface area contributed by atoms with Crippen LogP contribution in [0.1, 0.15) is 37.6 Å². The first-order chi connectivity index (χ1) is 12.4. The number of carbonyl (C=O) groups is 3. The van der Waals surface area contributed by atoms with Crippen LogP contribution < -0.4 is 11.1 Å². The van der Waals surface area contributed by atoms with Gasteiger partial charge in [-0.05, 0) is 59.0 Å². The average molecular weight is 441 g/mol. The Labute approximate surface area is 160 Å². The summed E-state index contributed by atoms with van der Waals surface area (Å²) in [6.45, 7) is -0.538. The summed E-state index contributed by atoms with van der Waals surface area (Å²) in [4.78, 5) is 36.8. The minimum Gasteiger partial charge on any atom is -0.452 e. The Bertz CT molecular complexity index is 912. The van der Waals surface area contributed by atoms with Crippen LogP contribution in [0.3, 0.4) is 0 Å². The third kappa shape index (κ3) is 3.78. The maximum atomic E-state index is 13.1. The monoisotopic (exact) mass is 440 g/mol. The number of benzene rings is 1. The molecule has 0 aliphatic heterocycles. The zero-order valence-corrected chi connectivity index (χ0v) is 15.8. The molecule has 3 rings (SSSR count). The zero-order valence-electron chi connectivity index (χ0n) is 13.4. The smallest absolute Gasteiger partial charge is 0.339 e. The highest BCUT2D eigenvalue weighted by Gasteiger charge is 2.26. The first-order valence-corrected chi connectivity index (χ1v) is 9.34. The molecule has 0 fully saturated rings. The number of nitrogens with one attached hydrogen (secondary N) is 1. The van der Waals surface area contributed by atoms with Crippen LogP contribution in [0.25, 0.3) is 0 Å². The van der Waals surface area contributed by atoms with Crippen molar-refractivity contribution < 1.29 is 23.5 Å². The summed E-state index contributed by atoms with van der Waals surface area (Å²) < 4.78 is 18.2. The lowest BCUT2D eigenvalue weighted by molar-refractivity contribution is -0.119. The van der Waals surface area contributed by atoms with Crippen LogP contribution in [0.15, 0.2) is 22.7 Å². The molecule has 0 atom stereocenters. The maximum Gasteiger partial charge on any atom is 0.339 e. The van der Waals surface area contributed by atoms with E-state index in [0.29, 0.717) is 10.6 Å². The van der Waals surface area contributed by atoms with E-state index in [4.69, 9.17) is 10.5 Å². The second kappa shape index (κ2) is 7.55. The summed E-state index contributed by atoms with van der Waals surface area (Å²) in [7, 11) is 0. The maximum absolute atomic E-state index is 13.1. The third-order valence-corrected chi connectivity index (χ3v) is 5.77. The van der Waals surface area contributed by atoms with Gasteiger partial charge in [-0.1, -0.05) is 0 Å². The van der Waals surface area contributed by atoms with Crippen LogP contribution in [0.4, 0.5) is 9.39 Å². The Morgan fingerprint density at radius 2 is 2.08 bits per heavy atom. The number of thiophene rings is 1. The molecule has 3 N–H and O–H groups in total.